The molecule has 10 aromatic rings. The van der Waals surface area contributed by atoms with Gasteiger partial charge in [0, 0.05) is 0 Å². The van der Waals surface area contributed by atoms with Gasteiger partial charge in [0.2, 0.25) is 0 Å². The van der Waals surface area contributed by atoms with E-state index in [2.05, 4.69) is 0 Å². The van der Waals surface area contributed by atoms with E-state index in [0.29, 0.717) is 0 Å². The molecule has 0 heterocycles. The normalized spacial score (nSPS) is 43.4. The van der Waals surface area contributed by atoms with Gasteiger partial charge in [-0.25, -0.2) is 0 Å². The smallest absolute Gasteiger partial charge is 0.198 e. The molecule has 28 aliphatic rings. The van der Waals surface area contributed by atoms with Gasteiger partial charge < -0.3 is 0 Å². The number of rotatable bonds is 0. The van der Waals surface area contributed by atoms with E-state index >= 15 is 211 Å². The summed E-state index contributed by atoms with van der Waals surface area (Å²) in [6, 6.07) is 0. The lowest BCUT2D eigenvalue weighted by molar-refractivity contribution is -0.430. The Hall–Kier alpha value is -9.60. The molecule has 48 heteroatoms. The first-order chi connectivity index (χ1) is 59.9. The molecule has 10 aromatic carbocycles. The zero-order valence-electron chi connectivity index (χ0n) is 60.1. The van der Waals surface area contributed by atoms with Crippen molar-refractivity contribution < 1.29 is 211 Å². The zero-order valence-corrected chi connectivity index (χ0v) is 60.1. The topological polar surface area (TPSA) is 0 Å². The number of hydrogen-bond acceptors (Lipinski definition) is 0. The first-order valence-corrected chi connectivity index (χ1v) is 39.1. The highest BCUT2D eigenvalue weighted by Gasteiger charge is 3.18. The lowest BCUT2D eigenvalue weighted by atomic mass is 9.31. The summed E-state index contributed by atoms with van der Waals surface area (Å²) in [5.74, 6) is -215. The number of alkyl halides is 48. The average Bonchev–Trinajstić information content (AvgIpc) is 1.33. The molecule has 12 spiro atoms. The third-order valence-electron chi connectivity index (χ3n) is 40.0. The molecule has 0 saturated heterocycles. The van der Waals surface area contributed by atoms with Gasteiger partial charge in [-0.1, -0.05) is 0 Å². The van der Waals surface area contributed by atoms with Crippen LogP contribution in [0, 0.1) is 0 Å². The second-order valence-corrected chi connectivity index (χ2v) is 40.8. The fourth-order valence-corrected chi connectivity index (χ4v) is 38.6. The summed E-state index contributed by atoms with van der Waals surface area (Å²) in [5, 5.41) is -37.7. The lowest BCUT2D eigenvalue weighted by Crippen LogP contribution is -2.88. The second kappa shape index (κ2) is 14.3. The molecular formula is C84F48. The number of halogens is 48. The lowest BCUT2D eigenvalue weighted by Gasteiger charge is -2.70. The minimum absolute atomic E-state index is 2.44. The van der Waals surface area contributed by atoms with E-state index in [4.69, 9.17) is 0 Å². The molecule has 38 rings (SSSR count). The molecule has 12 unspecified atom stereocenters. The molecular weight excluding hydrogens is 1920 g/mol. The van der Waals surface area contributed by atoms with Gasteiger partial charge in [-0.05, 0) is 265 Å². The van der Waals surface area contributed by atoms with Crippen LogP contribution in [0.2, 0.25) is 0 Å². The summed E-state index contributed by atoms with van der Waals surface area (Å²) in [6.07, 6.45) is 0. The van der Waals surface area contributed by atoms with Gasteiger partial charge in [0.25, 0.3) is 0 Å². The van der Waals surface area contributed by atoms with Gasteiger partial charge >= 0.3 is 142 Å². The van der Waals surface area contributed by atoms with E-state index in [1.807, 2.05) is 0 Å². The van der Waals surface area contributed by atoms with Crippen LogP contribution in [-0.4, -0.2) is 142 Å². The van der Waals surface area contributed by atoms with Gasteiger partial charge in [0.05, 0.1) is 0 Å². The Bertz CT molecular complexity index is 8440. The maximum Gasteiger partial charge on any atom is 0.379 e. The maximum absolute atomic E-state index is 21.7. The fraction of sp³-hybridized carbons (Fsp3) is 0.429. The molecule has 672 valence electrons. The van der Waals surface area contributed by atoms with E-state index in [9.17, 15) is 0 Å². The summed E-state index contributed by atoms with van der Waals surface area (Å²) in [4.78, 5) is 0. The molecule has 12 atom stereocenters. The molecule has 0 aromatic heterocycles. The van der Waals surface area contributed by atoms with Crippen molar-refractivity contribution in [3.05, 3.63) is 134 Å². The van der Waals surface area contributed by atoms with Gasteiger partial charge in [0.15, 0.2) is 0 Å². The van der Waals surface area contributed by atoms with E-state index in [1.165, 1.54) is 0 Å². The van der Waals surface area contributed by atoms with Crippen molar-refractivity contribution in [3.63, 3.8) is 0 Å². The van der Waals surface area contributed by atoms with E-state index < -0.39 is 472 Å². The van der Waals surface area contributed by atoms with Crippen LogP contribution >= 0.6 is 0 Å². The molecule has 0 radical (unpaired) electrons. The Morgan fingerprint density at radius 3 is 0.500 bits per heavy atom. The monoisotopic (exact) mass is 1920 g/mol. The Morgan fingerprint density at radius 1 is 0.0909 bits per heavy atom. The van der Waals surface area contributed by atoms with E-state index in [-0.39, 0.29) is 0 Å². The molecule has 28 aliphatic carbocycles. The average molecular weight is 1920 g/mol. The summed E-state index contributed by atoms with van der Waals surface area (Å²) >= 11 is 0. The molecule has 0 amide bonds. The summed E-state index contributed by atoms with van der Waals surface area (Å²) < 4.78 is 980. The Balaban J connectivity index is 1.03. The van der Waals surface area contributed by atoms with Crippen LogP contribution < -0.4 is 0 Å². The molecule has 6 fully saturated rings. The Morgan fingerprint density at radius 2 is 0.250 bits per heavy atom. The second-order valence-electron chi connectivity index (χ2n) is 40.8. The minimum atomic E-state index is -9.40. The molecule has 0 nitrogen and oxygen atoms in total. The van der Waals surface area contributed by atoms with Crippen molar-refractivity contribution in [3.8, 4) is 44.5 Å². The van der Waals surface area contributed by atoms with Crippen molar-refractivity contribution in [1.82, 2.24) is 0 Å². The first kappa shape index (κ1) is 71.9. The number of benzene rings is 8. The largest absolute Gasteiger partial charge is 0.379 e. The quantitative estimate of drug-likeness (QED) is 0.0806. The molecule has 132 heavy (non-hydrogen) atoms. The van der Waals surface area contributed by atoms with Gasteiger partial charge in [-0.15, -0.1) is 0 Å². The Kier molecular flexibility index (Phi) is 7.81. The fourth-order valence-electron chi connectivity index (χ4n) is 38.6. The van der Waals surface area contributed by atoms with Gasteiger partial charge in [0.1, 0.15) is 65.0 Å². The molecule has 4 bridgehead atoms. The van der Waals surface area contributed by atoms with E-state index in [1.54, 1.807) is 0 Å². The first-order valence-electron chi connectivity index (χ1n) is 39.1. The standard InChI is InChI=1S/C84F48/c85-61(86)49-37-17-15-19-33-13-7-1-3-9(13)27(15)55-36(17)24-22-30-6-2-4-10-14-8(2)32(22)58-40(24)44(37)52(64(91,92)76(115,116)73(61,109)110)46-42-20(34(14)60(46,58)72(107,108)84(131,132)82(127,128)70(58,103)104)16-18-35-23-21(29-5(1)11(12(6)25(3)53(30,55)65(93,94)77(117,118)79(121,122)67(55,97)98)26(4)54(29)56(35,28(10)16)68(99,100)80(123,124)78(119,120)66(54,95)96)31(7)57-39(23)43-38(18)50(42)48(47(49)52)51(43,63(89,90)75(113,114)74(111,112)62(50,87)88)45(41(19)49)59(33,57)71(105,106)83(129,130)81(125,126)69(57,101)102. The van der Waals surface area contributed by atoms with Crippen LogP contribution in [0.25, 0.3) is 131 Å². The van der Waals surface area contributed by atoms with Crippen molar-refractivity contribution in [2.24, 2.45) is 0 Å². The SMILES string of the molecule is FC1(F)C23C4=C5C67C8=C2C2(C9=C%10c%11c%12c%13c%14c%15c%11C9%11C(F)(F)C(F)(F)C(F)(F)C(F)(F)C%119c%11c%16c%17c(c3c%112)-c2c4c3c4c%11c2C%172C(F)(F)C(F)(F)C(F)(F)C(F)(F)C2%17c2c-%16c9c%15c9c2c2c%17c%11c%11c4c4c%15c%16c%11c2c(c%149)C%162C(F)(F)C(F)(F)C(F)(F)C(F)(F)C%132c2c-%12c(c6c(c2-%15)C42C(F)(F)C(F)(F)C(F)(F)C(F)(F)C532)C%108C(F)(F)C(F)(F)C(F)(F)C7(F)F)C(F)(F)C(F)(F)C1(F)F. The number of allylic oxidation sites excluding steroid dienone is 6. The maximum atomic E-state index is 21.7. The van der Waals surface area contributed by atoms with Gasteiger partial charge in [-0.3, -0.25) is 0 Å². The minimum Gasteiger partial charge on any atom is -0.198 e. The van der Waals surface area contributed by atoms with Crippen molar-refractivity contribution in [1.29, 1.82) is 0 Å². The predicted octanol–water partition coefficient (Wildman–Crippen LogP) is 24.3. The third kappa shape index (κ3) is 3.54. The van der Waals surface area contributed by atoms with E-state index in [0.717, 1.165) is 0 Å². The highest BCUT2D eigenvalue weighted by Crippen LogP contribution is 3.10. The number of hydrogen-bond donors (Lipinski definition) is 0. The van der Waals surface area contributed by atoms with Crippen molar-refractivity contribution in [2.75, 3.05) is 0 Å². The molecule has 0 aliphatic heterocycles. The van der Waals surface area contributed by atoms with Crippen molar-refractivity contribution >= 4 is 86.6 Å². The van der Waals surface area contributed by atoms with Crippen LogP contribution in [0.1, 0.15) is 111 Å². The third-order valence-corrected chi connectivity index (χ3v) is 40.0. The predicted molar refractivity (Wildman–Crippen MR) is 335 cm³/mol. The van der Waals surface area contributed by atoms with Crippen LogP contribution in [-0.2, 0) is 65.0 Å². The highest BCUT2D eigenvalue weighted by molar-refractivity contribution is 6.55. The summed E-state index contributed by atoms with van der Waals surface area (Å²) in [5.41, 5.74) is -219. The molecule has 6 saturated carbocycles. The Labute approximate surface area is 680 Å². The highest BCUT2D eigenvalue weighted by atomic mass is 19.4. The van der Waals surface area contributed by atoms with Crippen LogP contribution in [0.4, 0.5) is 211 Å². The van der Waals surface area contributed by atoms with Crippen LogP contribution in [0.3, 0.4) is 0 Å². The molecule has 0 N–H and O–H groups in total. The van der Waals surface area contributed by atoms with Crippen molar-refractivity contribution in [2.45, 2.75) is 207 Å². The zero-order chi connectivity index (χ0) is 93.7. The summed E-state index contributed by atoms with van der Waals surface area (Å²) in [7, 11) is 0. The van der Waals surface area contributed by atoms with Crippen LogP contribution in [0.5, 0.6) is 0 Å². The van der Waals surface area contributed by atoms with Gasteiger partial charge in [-0.2, -0.15) is 211 Å². The summed E-state index contributed by atoms with van der Waals surface area (Å²) in [6.45, 7) is 0. The van der Waals surface area contributed by atoms with Crippen LogP contribution in [0.15, 0.2) is 22.3 Å².